The molecule has 8 nitrogen and oxygen atoms in total. The Morgan fingerprint density at radius 1 is 1.25 bits per heavy atom. The number of hydrogen-bond donors (Lipinski definition) is 1. The highest BCUT2D eigenvalue weighted by Crippen LogP contribution is 2.22. The molecular weight excluding hydrogens is 448 g/mol. The lowest BCUT2D eigenvalue weighted by atomic mass is 10.1. The van der Waals surface area contributed by atoms with Crippen LogP contribution in [0.4, 0.5) is 5.13 Å². The molecule has 2 aromatic carbocycles. The average Bonchev–Trinajstić information content (AvgIpc) is 3.31. The van der Waals surface area contributed by atoms with Gasteiger partial charge in [0.05, 0.1) is 23.1 Å². The van der Waals surface area contributed by atoms with E-state index in [0.29, 0.717) is 30.0 Å². The van der Waals surface area contributed by atoms with Crippen LogP contribution in [0.5, 0.6) is 5.75 Å². The molecule has 10 heteroatoms. The van der Waals surface area contributed by atoms with E-state index in [1.165, 1.54) is 41.8 Å². The fraction of sp³-hybridized carbons (Fsp3) is 0.227. The average molecular weight is 469 g/mol. The molecule has 32 heavy (non-hydrogen) atoms. The van der Waals surface area contributed by atoms with Crippen molar-refractivity contribution in [2.45, 2.75) is 23.8 Å². The summed E-state index contributed by atoms with van der Waals surface area (Å²) in [5, 5.41) is 11.0. The number of carbonyl (C=O) groups is 1. The third-order valence-electron chi connectivity index (χ3n) is 5.00. The summed E-state index contributed by atoms with van der Waals surface area (Å²) in [6.45, 7) is 1.02. The molecule has 3 aromatic rings. The maximum absolute atomic E-state index is 13.0. The standard InChI is InChI=1S/C22H20N4O4S2/c23-14-16-3-1-4-18(13-16)30-19-5-2-11-26(15-19)21(27)17-6-8-20(9-7-17)32(28,29)25-22-24-10-12-31-22/h1,3-4,6-10,12-13,19H,2,5,11,15H2,(H,24,25). The number of benzene rings is 2. The molecule has 1 atom stereocenters. The predicted octanol–water partition coefficient (Wildman–Crippen LogP) is 3.50. The van der Waals surface area contributed by atoms with Crippen LogP contribution >= 0.6 is 11.3 Å². The number of nitrogens with one attached hydrogen (secondary N) is 1. The van der Waals surface area contributed by atoms with Gasteiger partial charge in [-0.05, 0) is 55.3 Å². The number of rotatable bonds is 6. The van der Waals surface area contributed by atoms with Crippen LogP contribution in [0, 0.1) is 11.3 Å². The smallest absolute Gasteiger partial charge is 0.263 e. The fourth-order valence-electron chi connectivity index (χ4n) is 3.46. The molecule has 4 rings (SSSR count). The summed E-state index contributed by atoms with van der Waals surface area (Å²) in [7, 11) is -3.77. The number of ether oxygens (including phenoxy) is 1. The quantitative estimate of drug-likeness (QED) is 0.593. The van der Waals surface area contributed by atoms with E-state index < -0.39 is 10.0 Å². The summed E-state index contributed by atoms with van der Waals surface area (Å²) in [5.74, 6) is 0.423. The summed E-state index contributed by atoms with van der Waals surface area (Å²) in [5.41, 5.74) is 0.927. The zero-order valence-corrected chi connectivity index (χ0v) is 18.6. The zero-order valence-electron chi connectivity index (χ0n) is 17.0. The molecule has 0 bridgehead atoms. The Morgan fingerprint density at radius 2 is 2.06 bits per heavy atom. The SMILES string of the molecule is N#Cc1cccc(OC2CCCN(C(=O)c3ccc(S(=O)(=O)Nc4nccs4)cc3)C2)c1. The number of hydrogen-bond acceptors (Lipinski definition) is 7. The minimum Gasteiger partial charge on any atom is -0.489 e. The first-order valence-corrected chi connectivity index (χ1v) is 12.3. The number of nitriles is 1. The van der Waals surface area contributed by atoms with Gasteiger partial charge in [0.15, 0.2) is 5.13 Å². The number of nitrogens with zero attached hydrogens (tertiary/aromatic N) is 3. The Morgan fingerprint density at radius 3 is 2.78 bits per heavy atom. The summed E-state index contributed by atoms with van der Waals surface area (Å²) >= 11 is 1.18. The van der Waals surface area contributed by atoms with Crippen LogP contribution in [0.2, 0.25) is 0 Å². The third-order valence-corrected chi connectivity index (χ3v) is 7.17. The highest BCUT2D eigenvalue weighted by atomic mass is 32.2. The summed E-state index contributed by atoms with van der Waals surface area (Å²) in [6.07, 6.45) is 2.93. The van der Waals surface area contributed by atoms with Crippen LogP contribution in [0.15, 0.2) is 65.0 Å². The Balaban J connectivity index is 1.41. The van der Waals surface area contributed by atoms with Crippen LogP contribution < -0.4 is 9.46 Å². The molecule has 1 fully saturated rings. The lowest BCUT2D eigenvalue weighted by Gasteiger charge is -2.33. The van der Waals surface area contributed by atoms with E-state index in [2.05, 4.69) is 15.8 Å². The molecule has 0 aliphatic carbocycles. The van der Waals surface area contributed by atoms with Crippen LogP contribution in [0.3, 0.4) is 0 Å². The Kier molecular flexibility index (Phi) is 6.39. The van der Waals surface area contributed by atoms with Crippen molar-refractivity contribution in [1.82, 2.24) is 9.88 Å². The number of aromatic nitrogens is 1. The molecule has 1 N–H and O–H groups in total. The van der Waals surface area contributed by atoms with Crippen molar-refractivity contribution in [2.75, 3.05) is 17.8 Å². The molecule has 1 amide bonds. The number of anilines is 1. The third kappa shape index (κ3) is 5.07. The Hall–Kier alpha value is -3.42. The molecule has 1 unspecified atom stereocenters. The fourth-order valence-corrected chi connectivity index (χ4v) is 5.25. The maximum Gasteiger partial charge on any atom is 0.263 e. The number of likely N-dealkylation sites (tertiary alicyclic amines) is 1. The van der Waals surface area contributed by atoms with E-state index in [-0.39, 0.29) is 22.0 Å². The van der Waals surface area contributed by atoms with Gasteiger partial charge in [-0.3, -0.25) is 9.52 Å². The summed E-state index contributed by atoms with van der Waals surface area (Å²) in [6, 6.07) is 14.9. The van der Waals surface area contributed by atoms with E-state index in [4.69, 9.17) is 10.00 Å². The highest BCUT2D eigenvalue weighted by Gasteiger charge is 2.26. The van der Waals surface area contributed by atoms with Gasteiger partial charge in [-0.15, -0.1) is 11.3 Å². The minimum absolute atomic E-state index is 0.0569. The second-order valence-corrected chi connectivity index (χ2v) is 9.82. The molecule has 1 saturated heterocycles. The van der Waals surface area contributed by atoms with Gasteiger partial charge in [-0.1, -0.05) is 6.07 Å². The zero-order chi connectivity index (χ0) is 22.6. The van der Waals surface area contributed by atoms with Crippen molar-refractivity contribution in [3.8, 4) is 11.8 Å². The summed E-state index contributed by atoms with van der Waals surface area (Å²) < 4.78 is 33.3. The molecule has 1 aliphatic rings. The van der Waals surface area contributed by atoms with Gasteiger partial charge in [0.25, 0.3) is 15.9 Å². The van der Waals surface area contributed by atoms with Gasteiger partial charge < -0.3 is 9.64 Å². The van der Waals surface area contributed by atoms with E-state index >= 15 is 0 Å². The van der Waals surface area contributed by atoms with Gasteiger partial charge in [0, 0.05) is 23.7 Å². The minimum atomic E-state index is -3.77. The number of thiazole rings is 1. The number of carbonyl (C=O) groups excluding carboxylic acids is 1. The van der Waals surface area contributed by atoms with Crippen LogP contribution in [-0.4, -0.2) is 43.4 Å². The van der Waals surface area contributed by atoms with E-state index in [0.717, 1.165) is 12.8 Å². The first-order chi connectivity index (χ1) is 15.4. The van der Waals surface area contributed by atoms with Crippen molar-refractivity contribution < 1.29 is 17.9 Å². The molecule has 164 valence electrons. The van der Waals surface area contributed by atoms with Gasteiger partial charge in [-0.25, -0.2) is 13.4 Å². The topological polar surface area (TPSA) is 112 Å². The molecule has 1 aromatic heterocycles. The molecule has 0 radical (unpaired) electrons. The first kappa shape index (κ1) is 21.8. The number of piperidine rings is 1. The van der Waals surface area contributed by atoms with E-state index in [9.17, 15) is 13.2 Å². The Labute approximate surface area is 190 Å². The lowest BCUT2D eigenvalue weighted by molar-refractivity contribution is 0.0538. The van der Waals surface area contributed by atoms with Crippen molar-refractivity contribution >= 4 is 32.4 Å². The normalized spacial score (nSPS) is 16.2. The largest absolute Gasteiger partial charge is 0.489 e. The van der Waals surface area contributed by atoms with Gasteiger partial charge in [0.1, 0.15) is 11.9 Å². The number of amides is 1. The van der Waals surface area contributed by atoms with Gasteiger partial charge >= 0.3 is 0 Å². The maximum atomic E-state index is 13.0. The van der Waals surface area contributed by atoms with Crippen molar-refractivity contribution in [2.24, 2.45) is 0 Å². The predicted molar refractivity (Wildman–Crippen MR) is 120 cm³/mol. The molecule has 2 heterocycles. The van der Waals surface area contributed by atoms with E-state index in [1.54, 1.807) is 34.5 Å². The molecule has 0 saturated carbocycles. The van der Waals surface area contributed by atoms with Crippen LogP contribution in [0.25, 0.3) is 0 Å². The molecular formula is C22H20N4O4S2. The monoisotopic (exact) mass is 468 g/mol. The molecule has 1 aliphatic heterocycles. The van der Waals surface area contributed by atoms with Crippen LogP contribution in [0.1, 0.15) is 28.8 Å². The highest BCUT2D eigenvalue weighted by molar-refractivity contribution is 7.93. The lowest BCUT2D eigenvalue weighted by Crippen LogP contribution is -2.44. The summed E-state index contributed by atoms with van der Waals surface area (Å²) in [4.78, 5) is 18.7. The van der Waals surface area contributed by atoms with Crippen LogP contribution in [-0.2, 0) is 10.0 Å². The second-order valence-electron chi connectivity index (χ2n) is 7.24. The van der Waals surface area contributed by atoms with Gasteiger partial charge in [-0.2, -0.15) is 5.26 Å². The number of sulfonamides is 1. The second kappa shape index (κ2) is 9.38. The van der Waals surface area contributed by atoms with Crippen molar-refractivity contribution in [1.29, 1.82) is 5.26 Å². The van der Waals surface area contributed by atoms with Crippen molar-refractivity contribution in [3.63, 3.8) is 0 Å². The Bertz CT molecular complexity index is 1240. The van der Waals surface area contributed by atoms with E-state index in [1.807, 2.05) is 0 Å². The first-order valence-electron chi connectivity index (χ1n) is 9.93. The van der Waals surface area contributed by atoms with Crippen molar-refractivity contribution in [3.05, 3.63) is 71.2 Å². The molecule has 0 spiro atoms. The van der Waals surface area contributed by atoms with Gasteiger partial charge in [0.2, 0.25) is 0 Å².